The van der Waals surface area contributed by atoms with Crippen molar-refractivity contribution in [2.24, 2.45) is 5.16 Å². The number of anilines is 1. The van der Waals surface area contributed by atoms with Gasteiger partial charge in [0, 0.05) is 33.7 Å². The largest absolute Gasteiger partial charge is 0.477 e. The smallest absolute Gasteiger partial charge is 0.353 e. The predicted molar refractivity (Wildman–Crippen MR) is 130 cm³/mol. The van der Waals surface area contributed by atoms with Gasteiger partial charge >= 0.3 is 5.97 Å². The molecule has 0 spiro atoms. The second-order valence-corrected chi connectivity index (χ2v) is 10.3. The Labute approximate surface area is 211 Å². The van der Waals surface area contributed by atoms with Crippen molar-refractivity contribution in [1.82, 2.24) is 20.2 Å². The average molecular weight is 539 g/mol. The molecule has 11 nitrogen and oxygen atoms in total. The number of aromatic nitrogens is 2. The van der Waals surface area contributed by atoms with Crippen molar-refractivity contribution < 1.29 is 28.7 Å². The summed E-state index contributed by atoms with van der Waals surface area (Å²) in [5.41, 5.74) is 6.11. The number of oxime groups is 1. The first-order valence-corrected chi connectivity index (χ1v) is 13.0. The number of pyridine rings is 1. The Morgan fingerprint density at radius 1 is 1.43 bits per heavy atom. The summed E-state index contributed by atoms with van der Waals surface area (Å²) in [5, 5.41) is 16.8. The summed E-state index contributed by atoms with van der Waals surface area (Å²) >= 11 is 3.75. The fourth-order valence-electron chi connectivity index (χ4n) is 3.43. The van der Waals surface area contributed by atoms with E-state index in [2.05, 4.69) is 25.3 Å². The number of carbonyl (C=O) groups excluding carboxylic acids is 2. The lowest BCUT2D eigenvalue weighted by molar-refractivity contribution is -0.150. The van der Waals surface area contributed by atoms with Gasteiger partial charge in [-0.1, -0.05) is 11.2 Å². The molecule has 0 radical (unpaired) electrons. The number of aryl methyl sites for hydroxylation is 1. The molecular weight excluding hydrogens is 519 g/mol. The Hall–Kier alpha value is -3.17. The summed E-state index contributed by atoms with van der Waals surface area (Å²) in [5.74, 6) is -1.64. The van der Waals surface area contributed by atoms with Crippen LogP contribution < -0.4 is 11.1 Å². The van der Waals surface area contributed by atoms with E-state index in [-0.39, 0.29) is 22.2 Å². The molecule has 1 saturated heterocycles. The van der Waals surface area contributed by atoms with Crippen LogP contribution in [0.5, 0.6) is 0 Å². The number of thiazole rings is 1. The molecule has 4 rings (SSSR count). The number of hydrogen-bond acceptors (Lipinski definition) is 11. The summed E-state index contributed by atoms with van der Waals surface area (Å²) in [6.45, 7) is -1.27. The summed E-state index contributed by atoms with van der Waals surface area (Å²) in [7, 11) is 0. The number of halogens is 1. The van der Waals surface area contributed by atoms with E-state index >= 15 is 0 Å². The standard InChI is InChI=1S/C20H19FN6O5S3/c21-9-32-26-13(11-7-35-20(22)24-11)16(28)25-14-17(29)27-15(19(30)31)12(8-34-18(14)27)33-6-4-10-3-1-2-5-23-10/h1-3,5,7,14,18H,4,6,8-9H2,(H2,22,24)(H,25,28)(H,30,31)/b26-13-/t14-,18-/m1/s1. The molecule has 35 heavy (non-hydrogen) atoms. The first-order chi connectivity index (χ1) is 16.9. The number of hydrogen-bond donors (Lipinski definition) is 3. The maximum Gasteiger partial charge on any atom is 0.353 e. The molecule has 0 saturated carbocycles. The normalized spacial score (nSPS) is 19.7. The SMILES string of the molecule is Nc1nc(/C(=N/OCF)C(=O)N[C@@H]2C(=O)N3C(C(=O)O)=C(SCCc4ccccn4)CS[C@H]23)cs1. The van der Waals surface area contributed by atoms with Gasteiger partial charge in [-0.3, -0.25) is 19.5 Å². The van der Waals surface area contributed by atoms with Gasteiger partial charge in [0.15, 0.2) is 10.8 Å². The lowest BCUT2D eigenvalue weighted by atomic mass is 10.0. The maximum atomic E-state index is 12.9. The van der Waals surface area contributed by atoms with Gasteiger partial charge in [0.05, 0.1) is 0 Å². The summed E-state index contributed by atoms with van der Waals surface area (Å²) < 4.78 is 12.5. The third kappa shape index (κ3) is 5.41. The Morgan fingerprint density at radius 3 is 2.91 bits per heavy atom. The van der Waals surface area contributed by atoms with Gasteiger partial charge in [0.2, 0.25) is 0 Å². The molecule has 2 atom stereocenters. The number of thioether (sulfide) groups is 2. The Morgan fingerprint density at radius 2 is 2.26 bits per heavy atom. The van der Waals surface area contributed by atoms with E-state index in [1.807, 2.05) is 18.2 Å². The molecule has 2 aromatic rings. The number of nitrogen functional groups attached to an aromatic ring is 1. The van der Waals surface area contributed by atoms with Gasteiger partial charge in [0.25, 0.3) is 18.7 Å². The number of aliphatic carboxylic acids is 1. The monoisotopic (exact) mass is 538 g/mol. The third-order valence-corrected chi connectivity index (χ3v) is 8.20. The van der Waals surface area contributed by atoms with Crippen molar-refractivity contribution in [2.75, 3.05) is 24.1 Å². The van der Waals surface area contributed by atoms with Gasteiger partial charge in [-0.05, 0) is 18.6 Å². The first kappa shape index (κ1) is 24.9. The Balaban J connectivity index is 1.45. The van der Waals surface area contributed by atoms with Crippen molar-refractivity contribution in [1.29, 1.82) is 0 Å². The average Bonchev–Trinajstić information content (AvgIpc) is 3.28. The molecule has 2 aromatic heterocycles. The third-order valence-electron chi connectivity index (χ3n) is 4.97. The van der Waals surface area contributed by atoms with Crippen molar-refractivity contribution in [3.63, 3.8) is 0 Å². The van der Waals surface area contributed by atoms with Crippen LogP contribution in [0, 0.1) is 0 Å². The minimum atomic E-state index is -1.27. The highest BCUT2D eigenvalue weighted by atomic mass is 32.2. The molecular formula is C20H19FN6O5S3. The van der Waals surface area contributed by atoms with Crippen LogP contribution in [0.3, 0.4) is 0 Å². The highest BCUT2D eigenvalue weighted by Crippen LogP contribution is 2.43. The van der Waals surface area contributed by atoms with Crippen molar-refractivity contribution >= 4 is 63.5 Å². The molecule has 2 aliphatic rings. The van der Waals surface area contributed by atoms with Gasteiger partial charge < -0.3 is 21.0 Å². The molecule has 1 fully saturated rings. The van der Waals surface area contributed by atoms with E-state index in [0.29, 0.717) is 22.8 Å². The molecule has 15 heteroatoms. The molecule has 0 unspecified atom stereocenters. The minimum absolute atomic E-state index is 0.0658. The lowest BCUT2D eigenvalue weighted by Gasteiger charge is -2.49. The number of nitrogens with one attached hydrogen (secondary N) is 1. The number of rotatable bonds is 10. The van der Waals surface area contributed by atoms with Crippen molar-refractivity contribution in [3.8, 4) is 0 Å². The highest BCUT2D eigenvalue weighted by Gasteiger charge is 2.54. The quantitative estimate of drug-likeness (QED) is 0.229. The van der Waals surface area contributed by atoms with E-state index in [4.69, 9.17) is 5.73 Å². The Kier molecular flexibility index (Phi) is 7.87. The topological polar surface area (TPSA) is 160 Å². The number of carbonyl (C=O) groups is 3. The fourth-order valence-corrected chi connectivity index (χ4v) is 6.59. The molecule has 0 aromatic carbocycles. The van der Waals surface area contributed by atoms with E-state index in [1.165, 1.54) is 33.8 Å². The van der Waals surface area contributed by atoms with Crippen LogP contribution in [0.1, 0.15) is 11.4 Å². The fraction of sp³-hybridized carbons (Fsp3) is 0.300. The van der Waals surface area contributed by atoms with Crippen LogP contribution in [0.2, 0.25) is 0 Å². The van der Waals surface area contributed by atoms with E-state index < -0.39 is 36.1 Å². The summed E-state index contributed by atoms with van der Waals surface area (Å²) in [6, 6.07) is 4.60. The molecule has 0 bridgehead atoms. The number of fused-ring (bicyclic) bond motifs is 1. The molecule has 4 heterocycles. The first-order valence-electron chi connectivity index (χ1n) is 10.1. The van der Waals surface area contributed by atoms with Crippen molar-refractivity contribution in [3.05, 3.63) is 51.8 Å². The number of amides is 2. The van der Waals surface area contributed by atoms with Crippen LogP contribution in [0.15, 0.2) is 45.5 Å². The van der Waals surface area contributed by atoms with Crippen LogP contribution >= 0.6 is 34.9 Å². The second-order valence-electron chi connectivity index (χ2n) is 7.11. The summed E-state index contributed by atoms with van der Waals surface area (Å²) in [4.78, 5) is 52.0. The Bertz CT molecular complexity index is 1190. The second kappa shape index (κ2) is 11.0. The van der Waals surface area contributed by atoms with Crippen molar-refractivity contribution in [2.45, 2.75) is 17.8 Å². The zero-order valence-corrected chi connectivity index (χ0v) is 20.4. The number of β-lactam (4-membered cyclic amide) rings is 1. The van der Waals surface area contributed by atoms with Gasteiger partial charge in [-0.2, -0.15) is 0 Å². The van der Waals surface area contributed by atoms with E-state index in [1.54, 1.807) is 6.20 Å². The zero-order valence-electron chi connectivity index (χ0n) is 17.9. The van der Waals surface area contributed by atoms with Crippen LogP contribution in [0.4, 0.5) is 9.52 Å². The van der Waals surface area contributed by atoms with E-state index in [0.717, 1.165) is 17.0 Å². The molecule has 2 amide bonds. The van der Waals surface area contributed by atoms with E-state index in [9.17, 15) is 23.9 Å². The molecule has 4 N–H and O–H groups in total. The number of nitrogens with zero attached hydrogens (tertiary/aromatic N) is 4. The minimum Gasteiger partial charge on any atom is -0.477 e. The number of nitrogens with two attached hydrogens (primary N) is 1. The molecule has 0 aliphatic carbocycles. The maximum absolute atomic E-state index is 12.9. The van der Waals surface area contributed by atoms with Crippen LogP contribution in [-0.4, -0.2) is 73.3 Å². The highest BCUT2D eigenvalue weighted by molar-refractivity contribution is 8.06. The summed E-state index contributed by atoms with van der Waals surface area (Å²) in [6.07, 6.45) is 2.34. The molecule has 2 aliphatic heterocycles. The molecule has 184 valence electrons. The lowest BCUT2D eigenvalue weighted by Crippen LogP contribution is -2.71. The van der Waals surface area contributed by atoms with Gasteiger partial charge in [-0.25, -0.2) is 14.2 Å². The zero-order chi connectivity index (χ0) is 24.9. The number of alkyl halides is 1. The van der Waals surface area contributed by atoms with Crippen LogP contribution in [-0.2, 0) is 25.6 Å². The predicted octanol–water partition coefficient (Wildman–Crippen LogP) is 1.44. The number of carboxylic acids is 1. The van der Waals surface area contributed by atoms with Gasteiger partial charge in [0.1, 0.15) is 22.8 Å². The number of carboxylic acid groups (broad SMARTS) is 1. The van der Waals surface area contributed by atoms with Crippen LogP contribution in [0.25, 0.3) is 0 Å². The van der Waals surface area contributed by atoms with Gasteiger partial charge in [-0.15, -0.1) is 34.9 Å².